The third-order valence-electron chi connectivity index (χ3n) is 2.43. The maximum Gasteiger partial charge on any atom is 0.168 e. The third-order valence-corrected chi connectivity index (χ3v) is 2.43. The lowest BCUT2D eigenvalue weighted by molar-refractivity contribution is 0.134. The van der Waals surface area contributed by atoms with E-state index in [1.54, 1.807) is 4.68 Å². The zero-order valence-electron chi connectivity index (χ0n) is 11.2. The van der Waals surface area contributed by atoms with Gasteiger partial charge < -0.3 is 10.1 Å². The van der Waals surface area contributed by atoms with E-state index in [9.17, 15) is 0 Å². The van der Waals surface area contributed by atoms with Gasteiger partial charge in [-0.15, -0.1) is 5.10 Å². The highest BCUT2D eigenvalue weighted by Crippen LogP contribution is 2.07. The first-order valence-electron chi connectivity index (χ1n) is 6.22. The van der Waals surface area contributed by atoms with Crippen molar-refractivity contribution >= 4 is 0 Å². The van der Waals surface area contributed by atoms with Crippen LogP contribution in [-0.4, -0.2) is 40.0 Å². The van der Waals surface area contributed by atoms with Crippen LogP contribution < -0.4 is 5.32 Å². The average molecular weight is 241 g/mol. The molecule has 1 atom stereocenters. The van der Waals surface area contributed by atoms with E-state index >= 15 is 0 Å². The van der Waals surface area contributed by atoms with Gasteiger partial charge in [0, 0.05) is 6.61 Å². The molecule has 6 nitrogen and oxygen atoms in total. The monoisotopic (exact) mass is 241 g/mol. The summed E-state index contributed by atoms with van der Waals surface area (Å²) < 4.78 is 7.10. The van der Waals surface area contributed by atoms with E-state index in [0.717, 1.165) is 19.0 Å². The SMILES string of the molecule is CCOCCn1nnnc1C(C)NCC(C)C. The number of hydrogen-bond donors (Lipinski definition) is 1. The van der Waals surface area contributed by atoms with Crippen molar-refractivity contribution in [3.05, 3.63) is 5.82 Å². The van der Waals surface area contributed by atoms with Crippen LogP contribution in [0.2, 0.25) is 0 Å². The lowest BCUT2D eigenvalue weighted by Crippen LogP contribution is -2.26. The maximum atomic E-state index is 5.30. The summed E-state index contributed by atoms with van der Waals surface area (Å²) in [5, 5.41) is 15.2. The topological polar surface area (TPSA) is 64.9 Å². The molecule has 0 fully saturated rings. The van der Waals surface area contributed by atoms with Crippen LogP contribution in [0, 0.1) is 5.92 Å². The van der Waals surface area contributed by atoms with E-state index in [1.807, 2.05) is 6.92 Å². The highest BCUT2D eigenvalue weighted by Gasteiger charge is 2.13. The van der Waals surface area contributed by atoms with E-state index in [-0.39, 0.29) is 6.04 Å². The van der Waals surface area contributed by atoms with Crippen LogP contribution in [0.5, 0.6) is 0 Å². The molecule has 17 heavy (non-hydrogen) atoms. The van der Waals surface area contributed by atoms with Gasteiger partial charge >= 0.3 is 0 Å². The Hall–Kier alpha value is -1.01. The summed E-state index contributed by atoms with van der Waals surface area (Å²) in [6.07, 6.45) is 0. The van der Waals surface area contributed by atoms with E-state index < -0.39 is 0 Å². The molecule has 0 aliphatic heterocycles. The molecule has 1 unspecified atom stereocenters. The molecule has 1 N–H and O–H groups in total. The Morgan fingerprint density at radius 3 is 2.76 bits per heavy atom. The Kier molecular flexibility index (Phi) is 6.07. The average Bonchev–Trinajstić information content (AvgIpc) is 2.74. The van der Waals surface area contributed by atoms with Gasteiger partial charge in [-0.2, -0.15) is 0 Å². The predicted molar refractivity (Wildman–Crippen MR) is 65.6 cm³/mol. The van der Waals surface area contributed by atoms with Gasteiger partial charge in [0.1, 0.15) is 0 Å². The molecule has 0 amide bonds. The van der Waals surface area contributed by atoms with Gasteiger partial charge in [-0.1, -0.05) is 13.8 Å². The number of ether oxygens (including phenoxy) is 1. The minimum Gasteiger partial charge on any atom is -0.380 e. The number of nitrogens with one attached hydrogen (secondary N) is 1. The standard InChI is InChI=1S/C11H23N5O/c1-5-17-7-6-16-11(13-14-15-16)10(4)12-8-9(2)3/h9-10,12H,5-8H2,1-4H3. The summed E-state index contributed by atoms with van der Waals surface area (Å²) in [5.41, 5.74) is 0. The molecule has 0 saturated carbocycles. The van der Waals surface area contributed by atoms with Crippen molar-refractivity contribution in [1.29, 1.82) is 0 Å². The Bertz CT molecular complexity index is 313. The highest BCUT2D eigenvalue weighted by molar-refractivity contribution is 4.89. The van der Waals surface area contributed by atoms with Crippen molar-refractivity contribution in [3.63, 3.8) is 0 Å². The molecule has 1 heterocycles. The van der Waals surface area contributed by atoms with Crippen molar-refractivity contribution in [2.45, 2.75) is 40.3 Å². The fourth-order valence-electron chi connectivity index (χ4n) is 1.48. The second-order valence-corrected chi connectivity index (χ2v) is 4.48. The largest absolute Gasteiger partial charge is 0.380 e. The summed E-state index contributed by atoms with van der Waals surface area (Å²) >= 11 is 0. The quantitative estimate of drug-likeness (QED) is 0.688. The Morgan fingerprint density at radius 2 is 2.12 bits per heavy atom. The number of hydrogen-bond acceptors (Lipinski definition) is 5. The summed E-state index contributed by atoms with van der Waals surface area (Å²) in [6.45, 7) is 11.4. The zero-order chi connectivity index (χ0) is 12.7. The van der Waals surface area contributed by atoms with E-state index in [2.05, 4.69) is 41.6 Å². The highest BCUT2D eigenvalue weighted by atomic mass is 16.5. The molecule has 0 aromatic carbocycles. The van der Waals surface area contributed by atoms with E-state index in [0.29, 0.717) is 19.1 Å². The zero-order valence-corrected chi connectivity index (χ0v) is 11.2. The van der Waals surface area contributed by atoms with Crippen molar-refractivity contribution in [2.75, 3.05) is 19.8 Å². The first-order chi connectivity index (χ1) is 8.15. The van der Waals surface area contributed by atoms with Crippen LogP contribution in [0.25, 0.3) is 0 Å². The van der Waals surface area contributed by atoms with Gasteiger partial charge in [0.2, 0.25) is 0 Å². The first-order valence-corrected chi connectivity index (χ1v) is 6.22. The van der Waals surface area contributed by atoms with Gasteiger partial charge in [0.05, 0.1) is 19.2 Å². The van der Waals surface area contributed by atoms with Crippen LogP contribution >= 0.6 is 0 Å². The fraction of sp³-hybridized carbons (Fsp3) is 0.909. The van der Waals surface area contributed by atoms with Gasteiger partial charge in [-0.05, 0) is 36.7 Å². The van der Waals surface area contributed by atoms with Gasteiger partial charge in [-0.25, -0.2) is 4.68 Å². The molecule has 1 rings (SSSR count). The van der Waals surface area contributed by atoms with Crippen LogP contribution in [0.1, 0.15) is 39.6 Å². The lowest BCUT2D eigenvalue weighted by Gasteiger charge is -2.14. The van der Waals surface area contributed by atoms with Crippen LogP contribution in [0.3, 0.4) is 0 Å². The van der Waals surface area contributed by atoms with Crippen molar-refractivity contribution in [3.8, 4) is 0 Å². The smallest absolute Gasteiger partial charge is 0.168 e. The van der Waals surface area contributed by atoms with Crippen LogP contribution in [0.15, 0.2) is 0 Å². The molecule has 0 aliphatic carbocycles. The molecule has 0 radical (unpaired) electrons. The van der Waals surface area contributed by atoms with Crippen LogP contribution in [0.4, 0.5) is 0 Å². The molecule has 0 aliphatic rings. The summed E-state index contributed by atoms with van der Waals surface area (Å²) in [5.74, 6) is 1.48. The van der Waals surface area contributed by atoms with Gasteiger partial charge in [0.25, 0.3) is 0 Å². The Morgan fingerprint density at radius 1 is 1.35 bits per heavy atom. The Balaban J connectivity index is 2.48. The normalized spacial score (nSPS) is 13.2. The van der Waals surface area contributed by atoms with Gasteiger partial charge in [0.15, 0.2) is 5.82 Å². The maximum absolute atomic E-state index is 5.30. The molecule has 1 aromatic heterocycles. The van der Waals surface area contributed by atoms with Crippen molar-refractivity contribution in [1.82, 2.24) is 25.5 Å². The van der Waals surface area contributed by atoms with Crippen LogP contribution in [-0.2, 0) is 11.3 Å². The minimum absolute atomic E-state index is 0.161. The molecular formula is C11H23N5O. The summed E-state index contributed by atoms with van der Waals surface area (Å²) in [7, 11) is 0. The van der Waals surface area contributed by atoms with Crippen molar-refractivity contribution < 1.29 is 4.74 Å². The third kappa shape index (κ3) is 4.79. The molecule has 6 heteroatoms. The van der Waals surface area contributed by atoms with E-state index in [1.165, 1.54) is 0 Å². The second-order valence-electron chi connectivity index (χ2n) is 4.48. The number of nitrogens with zero attached hydrogens (tertiary/aromatic N) is 4. The Labute approximate surface area is 103 Å². The predicted octanol–water partition coefficient (Wildman–Crippen LogP) is 1.02. The molecule has 1 aromatic rings. The van der Waals surface area contributed by atoms with Crippen molar-refractivity contribution in [2.24, 2.45) is 5.92 Å². The van der Waals surface area contributed by atoms with Gasteiger partial charge in [-0.3, -0.25) is 0 Å². The molecule has 0 saturated heterocycles. The number of rotatable bonds is 8. The molecule has 0 bridgehead atoms. The summed E-state index contributed by atoms with van der Waals surface area (Å²) in [4.78, 5) is 0. The second kappa shape index (κ2) is 7.34. The lowest BCUT2D eigenvalue weighted by atomic mass is 10.2. The molecule has 98 valence electrons. The number of tetrazole rings is 1. The summed E-state index contributed by atoms with van der Waals surface area (Å²) in [6, 6.07) is 0.161. The number of aromatic nitrogens is 4. The first kappa shape index (κ1) is 14.1. The fourth-order valence-corrected chi connectivity index (χ4v) is 1.48. The molecule has 0 spiro atoms. The molecular weight excluding hydrogens is 218 g/mol. The van der Waals surface area contributed by atoms with E-state index in [4.69, 9.17) is 4.74 Å². The minimum atomic E-state index is 0.161.